The molecule has 1 aromatic carbocycles. The van der Waals surface area contributed by atoms with Crippen LogP contribution in [0.2, 0.25) is 0 Å². The van der Waals surface area contributed by atoms with Crippen molar-refractivity contribution in [1.82, 2.24) is 10.6 Å². The van der Waals surface area contributed by atoms with Crippen LogP contribution in [0.1, 0.15) is 59.6 Å². The third-order valence-electron chi connectivity index (χ3n) is 3.82. The molecule has 0 aliphatic rings. The van der Waals surface area contributed by atoms with Crippen LogP contribution in [0.25, 0.3) is 0 Å². The monoisotopic (exact) mass is 392 g/mol. The first kappa shape index (κ1) is 23.5. The largest absolute Gasteiger partial charge is 0.463 e. The Morgan fingerprint density at radius 3 is 1.93 bits per heavy atom. The smallest absolute Gasteiger partial charge is 0.408 e. The summed E-state index contributed by atoms with van der Waals surface area (Å²) in [6, 6.07) is 7.83. The Labute approximate surface area is 167 Å². The van der Waals surface area contributed by atoms with Gasteiger partial charge in [0.15, 0.2) is 0 Å². The van der Waals surface area contributed by atoms with Gasteiger partial charge in [-0.25, -0.2) is 4.79 Å². The number of alkyl carbamates (subject to hydrolysis) is 1. The average Bonchev–Trinajstić information content (AvgIpc) is 2.58. The number of ether oxygens (including phenoxy) is 2. The van der Waals surface area contributed by atoms with Gasteiger partial charge in [0, 0.05) is 0 Å². The summed E-state index contributed by atoms with van der Waals surface area (Å²) in [7, 11) is 0. The normalized spacial score (nSPS) is 13.2. The van der Waals surface area contributed by atoms with E-state index in [1.807, 2.05) is 44.2 Å². The van der Waals surface area contributed by atoms with Gasteiger partial charge in [0.2, 0.25) is 5.91 Å². The van der Waals surface area contributed by atoms with Gasteiger partial charge >= 0.3 is 12.1 Å². The standard InChI is InChI=1S/C21H32N2O5/c1-13(2)19(23-21(26)28-15(5)6)20(25)22-17(12-18(24)27-14(3)4)16-10-8-7-9-11-16/h7-11,13-15,17,19H,12H2,1-6H3,(H,22,25)(H,23,26)/t17?,19-/m0/s1. The maximum absolute atomic E-state index is 12.9. The quantitative estimate of drug-likeness (QED) is 0.629. The van der Waals surface area contributed by atoms with Gasteiger partial charge in [0.05, 0.1) is 24.7 Å². The molecule has 7 nitrogen and oxygen atoms in total. The van der Waals surface area contributed by atoms with E-state index in [1.54, 1.807) is 27.7 Å². The number of carbonyl (C=O) groups is 3. The second kappa shape index (κ2) is 11.3. The molecule has 1 aromatic rings. The van der Waals surface area contributed by atoms with Crippen molar-refractivity contribution >= 4 is 18.0 Å². The number of carbonyl (C=O) groups excluding carboxylic acids is 3. The molecular formula is C21H32N2O5. The van der Waals surface area contributed by atoms with Crippen molar-refractivity contribution in [3.05, 3.63) is 35.9 Å². The molecule has 2 N–H and O–H groups in total. The molecule has 0 bridgehead atoms. The van der Waals surface area contributed by atoms with Crippen LogP contribution in [0.15, 0.2) is 30.3 Å². The van der Waals surface area contributed by atoms with Gasteiger partial charge in [0.1, 0.15) is 6.04 Å². The van der Waals surface area contributed by atoms with Crippen molar-refractivity contribution < 1.29 is 23.9 Å². The second-order valence-electron chi connectivity index (χ2n) is 7.53. The van der Waals surface area contributed by atoms with E-state index >= 15 is 0 Å². The molecule has 1 rings (SSSR count). The third-order valence-corrected chi connectivity index (χ3v) is 3.82. The Kier molecular flexibility index (Phi) is 9.48. The van der Waals surface area contributed by atoms with Gasteiger partial charge in [-0.3, -0.25) is 9.59 Å². The maximum atomic E-state index is 12.9. The van der Waals surface area contributed by atoms with Crippen LogP contribution in [-0.2, 0) is 19.1 Å². The fourth-order valence-electron chi connectivity index (χ4n) is 2.59. The average molecular weight is 392 g/mol. The van der Waals surface area contributed by atoms with Crippen LogP contribution in [0.4, 0.5) is 4.79 Å². The van der Waals surface area contributed by atoms with Crippen molar-refractivity contribution in [1.29, 1.82) is 0 Å². The number of benzene rings is 1. The van der Waals surface area contributed by atoms with Crippen LogP contribution in [0, 0.1) is 5.92 Å². The van der Waals surface area contributed by atoms with Crippen LogP contribution >= 0.6 is 0 Å². The fraction of sp³-hybridized carbons (Fsp3) is 0.571. The number of hydrogen-bond acceptors (Lipinski definition) is 5. The van der Waals surface area contributed by atoms with Gasteiger partial charge in [-0.1, -0.05) is 44.2 Å². The molecule has 0 fully saturated rings. The van der Waals surface area contributed by atoms with Gasteiger partial charge in [-0.2, -0.15) is 0 Å². The van der Waals surface area contributed by atoms with Crippen molar-refractivity contribution in [2.24, 2.45) is 5.92 Å². The molecule has 2 amide bonds. The molecule has 0 aliphatic carbocycles. The van der Waals surface area contributed by atoms with E-state index in [0.29, 0.717) is 0 Å². The number of rotatable bonds is 9. The summed E-state index contributed by atoms with van der Waals surface area (Å²) in [5.74, 6) is -0.960. The number of esters is 1. The molecule has 0 aliphatic heterocycles. The fourth-order valence-corrected chi connectivity index (χ4v) is 2.59. The molecule has 156 valence electrons. The SMILES string of the molecule is CC(C)OC(=O)CC(NC(=O)[C@@H](NC(=O)OC(C)C)C(C)C)c1ccccc1. The minimum atomic E-state index is -0.793. The second-order valence-corrected chi connectivity index (χ2v) is 7.53. The van der Waals surface area contributed by atoms with Crippen LogP contribution in [0.3, 0.4) is 0 Å². The highest BCUT2D eigenvalue weighted by molar-refractivity contribution is 5.86. The lowest BCUT2D eigenvalue weighted by molar-refractivity contribution is -0.148. The first-order valence-electron chi connectivity index (χ1n) is 9.62. The molecule has 2 atom stereocenters. The highest BCUT2D eigenvalue weighted by atomic mass is 16.6. The number of amides is 2. The van der Waals surface area contributed by atoms with Gasteiger partial charge in [-0.15, -0.1) is 0 Å². The highest BCUT2D eigenvalue weighted by Crippen LogP contribution is 2.18. The van der Waals surface area contributed by atoms with E-state index in [9.17, 15) is 14.4 Å². The third kappa shape index (κ3) is 8.41. The Morgan fingerprint density at radius 1 is 0.857 bits per heavy atom. The molecular weight excluding hydrogens is 360 g/mol. The number of hydrogen-bond donors (Lipinski definition) is 2. The predicted molar refractivity (Wildman–Crippen MR) is 107 cm³/mol. The van der Waals surface area contributed by atoms with Crippen molar-refractivity contribution in [3.63, 3.8) is 0 Å². The molecule has 28 heavy (non-hydrogen) atoms. The summed E-state index contributed by atoms with van der Waals surface area (Å²) in [5, 5.41) is 5.47. The Bertz CT molecular complexity index is 643. The van der Waals surface area contributed by atoms with Crippen molar-refractivity contribution in [2.45, 2.75) is 72.3 Å². The molecule has 0 radical (unpaired) electrons. The van der Waals surface area contributed by atoms with E-state index in [-0.39, 0.29) is 30.5 Å². The highest BCUT2D eigenvalue weighted by Gasteiger charge is 2.28. The Hall–Kier alpha value is -2.57. The van der Waals surface area contributed by atoms with Crippen molar-refractivity contribution in [2.75, 3.05) is 0 Å². The first-order chi connectivity index (χ1) is 13.1. The zero-order valence-corrected chi connectivity index (χ0v) is 17.5. The number of nitrogens with one attached hydrogen (secondary N) is 2. The van der Waals surface area contributed by atoms with E-state index in [2.05, 4.69) is 10.6 Å². The minimum Gasteiger partial charge on any atom is -0.463 e. The van der Waals surface area contributed by atoms with E-state index in [4.69, 9.17) is 9.47 Å². The summed E-state index contributed by atoms with van der Waals surface area (Å²) in [4.78, 5) is 37.0. The van der Waals surface area contributed by atoms with Gasteiger partial charge in [-0.05, 0) is 39.2 Å². The minimum absolute atomic E-state index is 0.00477. The topological polar surface area (TPSA) is 93.7 Å². The van der Waals surface area contributed by atoms with Crippen LogP contribution < -0.4 is 10.6 Å². The summed E-state index contributed by atoms with van der Waals surface area (Å²) >= 11 is 0. The van der Waals surface area contributed by atoms with E-state index < -0.39 is 24.1 Å². The van der Waals surface area contributed by atoms with E-state index in [0.717, 1.165) is 5.56 Å². The molecule has 0 saturated carbocycles. The van der Waals surface area contributed by atoms with Crippen LogP contribution in [0.5, 0.6) is 0 Å². The molecule has 0 spiro atoms. The van der Waals surface area contributed by atoms with Crippen molar-refractivity contribution in [3.8, 4) is 0 Å². The lowest BCUT2D eigenvalue weighted by Gasteiger charge is -2.26. The zero-order chi connectivity index (χ0) is 21.3. The van der Waals surface area contributed by atoms with Gasteiger partial charge in [0.25, 0.3) is 0 Å². The summed E-state index contributed by atoms with van der Waals surface area (Å²) in [5.41, 5.74) is 0.781. The molecule has 7 heteroatoms. The summed E-state index contributed by atoms with van der Waals surface area (Å²) < 4.78 is 10.3. The predicted octanol–water partition coefficient (Wildman–Crippen LogP) is 3.34. The maximum Gasteiger partial charge on any atom is 0.408 e. The Morgan fingerprint density at radius 2 is 1.43 bits per heavy atom. The molecule has 0 saturated heterocycles. The Balaban J connectivity index is 2.93. The zero-order valence-electron chi connectivity index (χ0n) is 17.5. The summed E-state index contributed by atoms with van der Waals surface area (Å²) in [6.07, 6.45) is -1.19. The lowest BCUT2D eigenvalue weighted by Crippen LogP contribution is -2.51. The van der Waals surface area contributed by atoms with Crippen LogP contribution in [-0.4, -0.2) is 36.2 Å². The van der Waals surface area contributed by atoms with Gasteiger partial charge < -0.3 is 20.1 Å². The molecule has 1 unspecified atom stereocenters. The molecule has 0 heterocycles. The summed E-state index contributed by atoms with van der Waals surface area (Å²) in [6.45, 7) is 10.7. The van der Waals surface area contributed by atoms with E-state index in [1.165, 1.54) is 0 Å². The first-order valence-corrected chi connectivity index (χ1v) is 9.62. The lowest BCUT2D eigenvalue weighted by atomic mass is 10.00. The molecule has 0 aromatic heterocycles.